The summed E-state index contributed by atoms with van der Waals surface area (Å²) in [6, 6.07) is 10.8. The van der Waals surface area contributed by atoms with Crippen molar-refractivity contribution in [3.63, 3.8) is 0 Å². The minimum atomic E-state index is -4.24. The third kappa shape index (κ3) is 2.99. The van der Waals surface area contributed by atoms with E-state index in [-0.39, 0.29) is 11.3 Å². The number of primary amides is 1. The number of hydrogen-bond donors (Lipinski definition) is 1. The number of nitrogens with zero attached hydrogens (tertiary/aromatic N) is 2. The summed E-state index contributed by atoms with van der Waals surface area (Å²) in [6.07, 6.45) is 0. The molecule has 0 aromatic heterocycles. The Morgan fingerprint density at radius 1 is 1.13 bits per heavy atom. The molecule has 0 heterocycles. The Hall–Kier alpha value is -2.94. The Labute approximate surface area is 132 Å². The van der Waals surface area contributed by atoms with E-state index in [0.29, 0.717) is 0 Å². The van der Waals surface area contributed by atoms with Gasteiger partial charge in [-0.05, 0) is 18.2 Å². The van der Waals surface area contributed by atoms with Crippen LogP contribution in [-0.4, -0.2) is 26.3 Å². The zero-order valence-electron chi connectivity index (χ0n) is 12.0. The summed E-state index contributed by atoms with van der Waals surface area (Å²) in [7, 11) is -3.04. The largest absolute Gasteiger partial charge is 0.366 e. The molecule has 0 unspecified atom stereocenters. The second kappa shape index (κ2) is 6.05. The highest BCUT2D eigenvalue weighted by atomic mass is 32.2. The smallest absolute Gasteiger partial charge is 0.289 e. The number of carbonyl (C=O) groups excluding carboxylic acids is 1. The van der Waals surface area contributed by atoms with E-state index < -0.39 is 31.4 Å². The van der Waals surface area contributed by atoms with Crippen molar-refractivity contribution in [2.24, 2.45) is 5.73 Å². The van der Waals surface area contributed by atoms with Crippen molar-refractivity contribution < 1.29 is 18.1 Å². The topological polar surface area (TPSA) is 124 Å². The van der Waals surface area contributed by atoms with E-state index in [1.807, 2.05) is 0 Å². The van der Waals surface area contributed by atoms with Crippen LogP contribution in [0.1, 0.15) is 10.4 Å². The first-order chi connectivity index (χ1) is 10.8. The fourth-order valence-electron chi connectivity index (χ4n) is 2.06. The lowest BCUT2D eigenvalue weighted by Gasteiger charge is -2.21. The molecule has 2 N–H and O–H groups in total. The Morgan fingerprint density at radius 2 is 1.70 bits per heavy atom. The van der Waals surface area contributed by atoms with E-state index in [9.17, 15) is 23.3 Å². The molecule has 2 aromatic carbocycles. The van der Waals surface area contributed by atoms with E-state index in [1.54, 1.807) is 0 Å². The summed E-state index contributed by atoms with van der Waals surface area (Å²) < 4.78 is 26.2. The molecule has 1 amide bonds. The molecule has 23 heavy (non-hydrogen) atoms. The zero-order valence-corrected chi connectivity index (χ0v) is 12.9. The van der Waals surface area contributed by atoms with Gasteiger partial charge in [-0.25, -0.2) is 8.42 Å². The van der Waals surface area contributed by atoms with Crippen molar-refractivity contribution in [1.82, 2.24) is 0 Å². The van der Waals surface area contributed by atoms with Crippen LogP contribution in [0.4, 0.5) is 11.4 Å². The SMILES string of the molecule is CN(c1ccccc1C(N)=O)S(=O)(=O)c1ccccc1[N+](=O)[O-]. The Kier molecular flexibility index (Phi) is 4.32. The summed E-state index contributed by atoms with van der Waals surface area (Å²) >= 11 is 0. The molecule has 9 heteroatoms. The maximum Gasteiger partial charge on any atom is 0.289 e. The fraction of sp³-hybridized carbons (Fsp3) is 0.0714. The maximum absolute atomic E-state index is 12.7. The van der Waals surface area contributed by atoms with Crippen LogP contribution in [0.15, 0.2) is 53.4 Å². The van der Waals surface area contributed by atoms with Gasteiger partial charge >= 0.3 is 0 Å². The standard InChI is InChI=1S/C14H13N3O5S/c1-16(11-7-3-2-6-10(11)14(15)18)23(21,22)13-9-5-4-8-12(13)17(19)20/h2-9H,1H3,(H2,15,18). The summed E-state index contributed by atoms with van der Waals surface area (Å²) in [5, 5.41) is 11.1. The van der Waals surface area contributed by atoms with Gasteiger partial charge < -0.3 is 5.73 Å². The highest BCUT2D eigenvalue weighted by Crippen LogP contribution is 2.30. The molecule has 2 rings (SSSR count). The van der Waals surface area contributed by atoms with Crippen LogP contribution in [0.25, 0.3) is 0 Å². The molecule has 8 nitrogen and oxygen atoms in total. The van der Waals surface area contributed by atoms with Crippen molar-refractivity contribution in [2.45, 2.75) is 4.90 Å². The molecule has 0 aliphatic heterocycles. The van der Waals surface area contributed by atoms with Crippen molar-refractivity contribution in [3.05, 3.63) is 64.2 Å². The van der Waals surface area contributed by atoms with Crippen LogP contribution in [0, 0.1) is 10.1 Å². The predicted molar refractivity (Wildman–Crippen MR) is 83.6 cm³/mol. The third-order valence-electron chi connectivity index (χ3n) is 3.21. The van der Waals surface area contributed by atoms with Gasteiger partial charge in [0.25, 0.3) is 21.6 Å². The number of nitro groups is 1. The van der Waals surface area contributed by atoms with Gasteiger partial charge in [0.2, 0.25) is 0 Å². The van der Waals surface area contributed by atoms with Crippen LogP contribution in [0.2, 0.25) is 0 Å². The van der Waals surface area contributed by atoms with Crippen molar-refractivity contribution in [3.8, 4) is 0 Å². The van der Waals surface area contributed by atoms with Gasteiger partial charge in [-0.2, -0.15) is 0 Å². The molecule has 2 aromatic rings. The average molecular weight is 335 g/mol. The maximum atomic E-state index is 12.7. The molecule has 0 saturated heterocycles. The number of anilines is 1. The van der Waals surface area contributed by atoms with E-state index in [2.05, 4.69) is 0 Å². The summed E-state index contributed by atoms with van der Waals surface area (Å²) in [5.74, 6) is -0.801. The predicted octanol–water partition coefficient (Wildman–Crippen LogP) is 1.52. The van der Waals surface area contributed by atoms with Crippen LogP contribution in [0.3, 0.4) is 0 Å². The van der Waals surface area contributed by atoms with Crippen LogP contribution in [-0.2, 0) is 10.0 Å². The first-order valence-electron chi connectivity index (χ1n) is 6.38. The van der Waals surface area contributed by atoms with Gasteiger partial charge in [-0.3, -0.25) is 19.2 Å². The van der Waals surface area contributed by atoms with Crippen LogP contribution in [0.5, 0.6) is 0 Å². The summed E-state index contributed by atoms with van der Waals surface area (Å²) in [4.78, 5) is 21.3. The number of rotatable bonds is 5. The number of benzene rings is 2. The molecule has 0 saturated carbocycles. The van der Waals surface area contributed by atoms with E-state index >= 15 is 0 Å². The van der Waals surface area contributed by atoms with Gasteiger partial charge in [-0.15, -0.1) is 0 Å². The first kappa shape index (κ1) is 16.4. The number of carbonyl (C=O) groups is 1. The lowest BCUT2D eigenvalue weighted by atomic mass is 10.2. The quantitative estimate of drug-likeness (QED) is 0.655. The molecule has 0 aliphatic rings. The molecule has 0 radical (unpaired) electrons. The van der Waals surface area contributed by atoms with Crippen LogP contribution < -0.4 is 10.0 Å². The average Bonchev–Trinajstić information content (AvgIpc) is 2.54. The number of sulfonamides is 1. The Balaban J connectivity index is 2.62. The molecule has 120 valence electrons. The minimum absolute atomic E-state index is 0.00263. The van der Waals surface area contributed by atoms with E-state index in [0.717, 1.165) is 16.4 Å². The van der Waals surface area contributed by atoms with Gasteiger partial charge in [-0.1, -0.05) is 24.3 Å². The Bertz CT molecular complexity index is 879. The molecule has 0 fully saturated rings. The normalized spacial score (nSPS) is 11.0. The number of hydrogen-bond acceptors (Lipinski definition) is 5. The van der Waals surface area contributed by atoms with Crippen LogP contribution >= 0.6 is 0 Å². The number of nitro benzene ring substituents is 1. The molecular weight excluding hydrogens is 322 g/mol. The van der Waals surface area contributed by atoms with Crippen molar-refractivity contribution in [2.75, 3.05) is 11.4 Å². The van der Waals surface area contributed by atoms with Crippen molar-refractivity contribution in [1.29, 1.82) is 0 Å². The second-order valence-electron chi connectivity index (χ2n) is 4.58. The molecular formula is C14H13N3O5S. The summed E-state index contributed by atoms with van der Waals surface area (Å²) in [5.41, 5.74) is 4.74. The van der Waals surface area contributed by atoms with Crippen molar-refractivity contribution >= 4 is 27.3 Å². The fourth-order valence-corrected chi connectivity index (χ4v) is 3.43. The van der Waals surface area contributed by atoms with E-state index in [4.69, 9.17) is 5.73 Å². The molecule has 0 spiro atoms. The number of nitrogens with two attached hydrogens (primary N) is 1. The van der Waals surface area contributed by atoms with Gasteiger partial charge in [0.15, 0.2) is 4.90 Å². The highest BCUT2D eigenvalue weighted by Gasteiger charge is 2.30. The monoisotopic (exact) mass is 335 g/mol. The molecule has 0 atom stereocenters. The zero-order chi connectivity index (χ0) is 17.2. The number of para-hydroxylation sites is 2. The lowest BCUT2D eigenvalue weighted by Crippen LogP contribution is -2.29. The lowest BCUT2D eigenvalue weighted by molar-refractivity contribution is -0.387. The Morgan fingerprint density at radius 3 is 2.30 bits per heavy atom. The second-order valence-corrected chi connectivity index (χ2v) is 6.52. The molecule has 0 bridgehead atoms. The van der Waals surface area contributed by atoms with Gasteiger partial charge in [0, 0.05) is 13.1 Å². The molecule has 0 aliphatic carbocycles. The number of amides is 1. The van der Waals surface area contributed by atoms with Gasteiger partial charge in [0.05, 0.1) is 16.2 Å². The highest BCUT2D eigenvalue weighted by molar-refractivity contribution is 7.93. The summed E-state index contributed by atoms with van der Waals surface area (Å²) in [6.45, 7) is 0. The van der Waals surface area contributed by atoms with Gasteiger partial charge in [0.1, 0.15) is 0 Å². The minimum Gasteiger partial charge on any atom is -0.366 e. The first-order valence-corrected chi connectivity index (χ1v) is 7.82. The third-order valence-corrected chi connectivity index (χ3v) is 5.03. The van der Waals surface area contributed by atoms with E-state index in [1.165, 1.54) is 43.4 Å².